The molecule has 0 atom stereocenters. The Morgan fingerprint density at radius 1 is 0.528 bits per heavy atom. The number of carbonyl (C=O) groups is 2. The summed E-state index contributed by atoms with van der Waals surface area (Å²) in [5.41, 5.74) is 2.50. The van der Waals surface area contributed by atoms with E-state index in [0.29, 0.717) is 39.5 Å². The van der Waals surface area contributed by atoms with Crippen LogP contribution >= 0.6 is 58.3 Å². The zero-order valence-electron chi connectivity index (χ0n) is 27.6. The molecule has 0 heterocycles. The van der Waals surface area contributed by atoms with Gasteiger partial charge in [-0.15, -0.1) is 0 Å². The second kappa shape index (κ2) is 18.7. The molecule has 0 saturated carbocycles. The molecule has 53 heavy (non-hydrogen) atoms. The summed E-state index contributed by atoms with van der Waals surface area (Å²) in [5.74, 6) is -2.88. The van der Waals surface area contributed by atoms with Crippen LogP contribution in [0, 0.1) is 0 Å². The minimum Gasteiger partial charge on any atom is -0.505 e. The van der Waals surface area contributed by atoms with Gasteiger partial charge in [0.05, 0.1) is 21.4 Å². The van der Waals surface area contributed by atoms with Crippen LogP contribution in [0.15, 0.2) is 147 Å². The molecule has 0 aliphatic rings. The van der Waals surface area contributed by atoms with Crippen LogP contribution in [0.3, 0.4) is 0 Å². The molecule has 0 spiro atoms. The molecule has 0 amide bonds. The minimum absolute atomic E-state index is 0.128. The van der Waals surface area contributed by atoms with Gasteiger partial charge in [0.1, 0.15) is 11.1 Å². The first-order valence-electron chi connectivity index (χ1n) is 15.8. The number of anilines is 2. The van der Waals surface area contributed by atoms with E-state index in [9.17, 15) is 19.8 Å². The second-order valence-corrected chi connectivity index (χ2v) is 14.7. The third-order valence-corrected chi connectivity index (χ3v) is 10.7. The number of para-hydroxylation sites is 2. The number of hydrogen-bond acceptors (Lipinski definition) is 8. The first-order valence-corrected chi connectivity index (χ1v) is 18.6. The molecule has 0 aliphatic carbocycles. The summed E-state index contributed by atoms with van der Waals surface area (Å²) in [6.45, 7) is 0.863. The average Bonchev–Trinajstić information content (AvgIpc) is 3.13. The van der Waals surface area contributed by atoms with E-state index in [4.69, 9.17) is 45.0 Å². The van der Waals surface area contributed by atoms with Crippen molar-refractivity contribution in [3.8, 4) is 11.5 Å². The summed E-state index contributed by atoms with van der Waals surface area (Å²) in [6.07, 6.45) is 0. The maximum atomic E-state index is 11.1. The number of phenols is 2. The smallest absolute Gasteiger partial charge is 0.339 e. The molecule has 0 saturated heterocycles. The molecule has 0 unspecified atom stereocenters. The Hall–Kier alpha value is -4.97. The number of benzene rings is 6. The van der Waals surface area contributed by atoms with Crippen molar-refractivity contribution < 1.29 is 30.0 Å². The molecule has 0 bridgehead atoms. The Morgan fingerprint density at radius 3 is 1.47 bits per heavy atom. The predicted molar refractivity (Wildman–Crippen MR) is 214 cm³/mol. The summed E-state index contributed by atoms with van der Waals surface area (Å²) >= 11 is 21.2. The summed E-state index contributed by atoms with van der Waals surface area (Å²) in [7, 11) is 0. The van der Waals surface area contributed by atoms with E-state index in [2.05, 4.69) is 10.6 Å². The summed E-state index contributed by atoms with van der Waals surface area (Å²) < 4.78 is 0. The van der Waals surface area contributed by atoms with Gasteiger partial charge in [-0.05, 0) is 83.9 Å². The molecular formula is C40H31Cl3N2O6S2. The Labute approximate surface area is 329 Å². The number of carboxylic acid groups (broad SMARTS) is 2. The number of aromatic hydroxyl groups is 2. The fourth-order valence-electron chi connectivity index (χ4n) is 4.92. The molecule has 13 heteroatoms. The molecule has 0 fully saturated rings. The lowest BCUT2D eigenvalue weighted by atomic mass is 10.1. The van der Waals surface area contributed by atoms with Crippen LogP contribution in [-0.2, 0) is 13.1 Å². The zero-order valence-corrected chi connectivity index (χ0v) is 31.5. The van der Waals surface area contributed by atoms with Gasteiger partial charge in [0.2, 0.25) is 0 Å². The fourth-order valence-corrected chi connectivity index (χ4v) is 7.53. The van der Waals surface area contributed by atoms with Crippen molar-refractivity contribution in [2.45, 2.75) is 32.7 Å². The summed E-state index contributed by atoms with van der Waals surface area (Å²) in [6, 6.07) is 38.0. The number of carboxylic acids is 2. The van der Waals surface area contributed by atoms with Gasteiger partial charge in [0, 0.05) is 37.7 Å². The largest absolute Gasteiger partial charge is 0.505 e. The number of rotatable bonds is 12. The molecule has 6 aromatic carbocycles. The SMILES string of the molecule is O=C(O)c1cccc(NCc2ccccc2Sc2ccc(Cl)c(Cl)c2)c1O.O=C(O)c1cccc(NCc2ccccc2Sc2cccc(Cl)c2)c1O. The maximum Gasteiger partial charge on any atom is 0.339 e. The van der Waals surface area contributed by atoms with Crippen molar-refractivity contribution in [3.05, 3.63) is 165 Å². The Bertz CT molecular complexity index is 2260. The second-order valence-electron chi connectivity index (χ2n) is 11.2. The van der Waals surface area contributed by atoms with Gasteiger partial charge in [-0.3, -0.25) is 0 Å². The molecule has 6 aromatic rings. The highest BCUT2D eigenvalue weighted by atomic mass is 35.5. The van der Waals surface area contributed by atoms with Crippen molar-refractivity contribution in [2.24, 2.45) is 0 Å². The predicted octanol–water partition coefficient (Wildman–Crippen LogP) is 11.7. The third kappa shape index (κ3) is 10.8. The molecule has 0 aromatic heterocycles. The lowest BCUT2D eigenvalue weighted by molar-refractivity contribution is 0.0682. The molecule has 0 aliphatic heterocycles. The van der Waals surface area contributed by atoms with E-state index in [-0.39, 0.29) is 22.6 Å². The van der Waals surface area contributed by atoms with Gasteiger partial charge < -0.3 is 31.1 Å². The number of hydrogen-bond donors (Lipinski definition) is 6. The van der Waals surface area contributed by atoms with Gasteiger partial charge in [-0.25, -0.2) is 9.59 Å². The molecule has 270 valence electrons. The van der Waals surface area contributed by atoms with Crippen molar-refractivity contribution in [3.63, 3.8) is 0 Å². The first kappa shape index (κ1) is 39.2. The van der Waals surface area contributed by atoms with Crippen molar-refractivity contribution in [1.82, 2.24) is 0 Å². The Balaban J connectivity index is 0.000000204. The van der Waals surface area contributed by atoms with Crippen LogP contribution in [0.4, 0.5) is 11.4 Å². The lowest BCUT2D eigenvalue weighted by Gasteiger charge is -2.13. The van der Waals surface area contributed by atoms with Gasteiger partial charge in [-0.2, -0.15) is 0 Å². The Kier molecular flexibility index (Phi) is 13.8. The highest BCUT2D eigenvalue weighted by Crippen LogP contribution is 2.36. The highest BCUT2D eigenvalue weighted by molar-refractivity contribution is 7.99. The number of nitrogens with one attached hydrogen (secondary N) is 2. The molecule has 6 rings (SSSR count). The van der Waals surface area contributed by atoms with Crippen LogP contribution in [-0.4, -0.2) is 32.4 Å². The van der Waals surface area contributed by atoms with E-state index < -0.39 is 11.9 Å². The maximum absolute atomic E-state index is 11.1. The quantitative estimate of drug-likeness (QED) is 0.0663. The van der Waals surface area contributed by atoms with E-state index in [0.717, 1.165) is 30.7 Å². The average molecular weight is 806 g/mol. The number of halogens is 3. The standard InChI is InChI=1S/C20H15Cl2NO3S.C20H16ClNO3S/c21-15-9-8-13(10-16(15)22)27-18-7-2-1-4-12(18)11-23-17-6-3-5-14(19(17)24)20(25)26;21-14-6-3-7-15(11-14)26-18-10-2-1-5-13(18)12-22-17-9-4-8-16(19(17)23)20(24)25/h1-10,23-24H,11H2,(H,25,26);1-11,22-23H,12H2,(H,24,25). The molecule has 0 radical (unpaired) electrons. The summed E-state index contributed by atoms with van der Waals surface area (Å²) in [5, 5.41) is 46.3. The zero-order chi connectivity index (χ0) is 37.9. The topological polar surface area (TPSA) is 139 Å². The fraction of sp³-hybridized carbons (Fsp3) is 0.0500. The molecular weight excluding hydrogens is 775 g/mol. The van der Waals surface area contributed by atoms with Crippen molar-refractivity contribution >= 4 is 81.6 Å². The van der Waals surface area contributed by atoms with Gasteiger partial charge in [0.15, 0.2) is 11.5 Å². The van der Waals surface area contributed by atoms with Crippen LogP contribution < -0.4 is 10.6 Å². The monoisotopic (exact) mass is 804 g/mol. The van der Waals surface area contributed by atoms with E-state index in [1.54, 1.807) is 59.9 Å². The minimum atomic E-state index is -1.17. The van der Waals surface area contributed by atoms with Gasteiger partial charge in [-0.1, -0.05) is 113 Å². The highest BCUT2D eigenvalue weighted by Gasteiger charge is 2.15. The van der Waals surface area contributed by atoms with E-state index in [1.165, 1.54) is 12.1 Å². The van der Waals surface area contributed by atoms with E-state index in [1.807, 2.05) is 78.9 Å². The van der Waals surface area contributed by atoms with Crippen LogP contribution in [0.1, 0.15) is 31.8 Å². The lowest BCUT2D eigenvalue weighted by Crippen LogP contribution is -2.04. The van der Waals surface area contributed by atoms with E-state index >= 15 is 0 Å². The Morgan fingerprint density at radius 2 is 1.00 bits per heavy atom. The number of aromatic carboxylic acids is 2. The van der Waals surface area contributed by atoms with Crippen molar-refractivity contribution in [2.75, 3.05) is 10.6 Å². The first-order chi connectivity index (χ1) is 25.5. The van der Waals surface area contributed by atoms with Crippen molar-refractivity contribution in [1.29, 1.82) is 0 Å². The van der Waals surface area contributed by atoms with Crippen LogP contribution in [0.25, 0.3) is 0 Å². The normalized spacial score (nSPS) is 10.5. The van der Waals surface area contributed by atoms with Crippen LogP contribution in [0.2, 0.25) is 15.1 Å². The van der Waals surface area contributed by atoms with Crippen LogP contribution in [0.5, 0.6) is 11.5 Å². The van der Waals surface area contributed by atoms with Gasteiger partial charge in [0.25, 0.3) is 0 Å². The van der Waals surface area contributed by atoms with Gasteiger partial charge >= 0.3 is 11.9 Å². The molecule has 6 N–H and O–H groups in total. The third-order valence-electron chi connectivity index (χ3n) is 7.56. The summed E-state index contributed by atoms with van der Waals surface area (Å²) in [4.78, 5) is 26.3. The molecule has 8 nitrogen and oxygen atoms in total.